The van der Waals surface area contributed by atoms with Gasteiger partial charge in [-0.1, -0.05) is 32.4 Å². The fraction of sp³-hybridized carbons (Fsp3) is 0.727. The maximum Gasteiger partial charge on any atom is 0.123 e. The second kappa shape index (κ2) is 8.47. The van der Waals surface area contributed by atoms with Gasteiger partial charge in [0.25, 0.3) is 0 Å². The number of aryl methyl sites for hydroxylation is 1. The van der Waals surface area contributed by atoms with Crippen LogP contribution in [0.5, 0.6) is 0 Å². The van der Waals surface area contributed by atoms with Gasteiger partial charge in [0.1, 0.15) is 5.82 Å². The minimum atomic E-state index is -0.128. The summed E-state index contributed by atoms with van der Waals surface area (Å²) in [5.74, 6) is 3.58. The average molecular weight is 332 g/mol. The van der Waals surface area contributed by atoms with Crippen LogP contribution in [0.25, 0.3) is 0 Å². The lowest BCUT2D eigenvalue weighted by atomic mass is 9.89. The standard InChI is InChI=1S/C22H34FN/c1-17-14-18(2)21(15-17)16-24-12-10-20(11-13-24)5-3-4-19-6-8-22(23)9-7-19/h6-9,17-18,20-21H,3-5,10-16H2,1-2H3. The topological polar surface area (TPSA) is 3.24 Å². The molecule has 1 aliphatic carbocycles. The Balaban J connectivity index is 1.32. The van der Waals surface area contributed by atoms with Crippen molar-refractivity contribution in [3.8, 4) is 0 Å². The molecule has 1 aromatic rings. The molecule has 1 nitrogen and oxygen atoms in total. The summed E-state index contributed by atoms with van der Waals surface area (Å²) in [7, 11) is 0. The lowest BCUT2D eigenvalue weighted by Gasteiger charge is -2.34. The highest BCUT2D eigenvalue weighted by molar-refractivity contribution is 5.15. The molecule has 1 aliphatic heterocycles. The fourth-order valence-electron chi connectivity index (χ4n) is 4.96. The Kier molecular flexibility index (Phi) is 6.32. The number of rotatable bonds is 6. The first-order valence-electron chi connectivity index (χ1n) is 10.1. The van der Waals surface area contributed by atoms with Gasteiger partial charge in [-0.25, -0.2) is 4.39 Å². The van der Waals surface area contributed by atoms with Gasteiger partial charge in [0.15, 0.2) is 0 Å². The molecular weight excluding hydrogens is 297 g/mol. The second-order valence-electron chi connectivity index (χ2n) is 8.58. The highest BCUT2D eigenvalue weighted by Crippen LogP contribution is 2.37. The lowest BCUT2D eigenvalue weighted by Crippen LogP contribution is -2.37. The van der Waals surface area contributed by atoms with Gasteiger partial charge < -0.3 is 4.90 Å². The van der Waals surface area contributed by atoms with Crippen molar-refractivity contribution in [2.45, 2.75) is 58.8 Å². The third kappa shape index (κ3) is 5.05. The minimum absolute atomic E-state index is 0.128. The Hall–Kier alpha value is -0.890. The van der Waals surface area contributed by atoms with Gasteiger partial charge >= 0.3 is 0 Å². The van der Waals surface area contributed by atoms with E-state index in [1.165, 1.54) is 63.7 Å². The summed E-state index contributed by atoms with van der Waals surface area (Å²) in [5, 5.41) is 0. The SMILES string of the molecule is CC1CC(C)C(CN2CCC(CCCc3ccc(F)cc3)CC2)C1. The van der Waals surface area contributed by atoms with Crippen LogP contribution in [-0.2, 0) is 6.42 Å². The number of hydrogen-bond acceptors (Lipinski definition) is 1. The summed E-state index contributed by atoms with van der Waals surface area (Å²) >= 11 is 0. The van der Waals surface area contributed by atoms with Crippen LogP contribution in [0.2, 0.25) is 0 Å². The molecule has 0 bridgehead atoms. The molecule has 0 amide bonds. The molecule has 1 aromatic carbocycles. The summed E-state index contributed by atoms with van der Waals surface area (Å²) in [5.41, 5.74) is 1.28. The van der Waals surface area contributed by atoms with Gasteiger partial charge in [-0.15, -0.1) is 0 Å². The van der Waals surface area contributed by atoms with Gasteiger partial charge in [-0.05, 0) is 93.0 Å². The molecule has 134 valence electrons. The molecule has 0 N–H and O–H groups in total. The summed E-state index contributed by atoms with van der Waals surface area (Å²) in [6.07, 6.45) is 9.30. The Morgan fingerprint density at radius 3 is 2.38 bits per heavy atom. The van der Waals surface area contributed by atoms with Crippen LogP contribution >= 0.6 is 0 Å². The van der Waals surface area contributed by atoms with Crippen LogP contribution in [0.3, 0.4) is 0 Å². The first kappa shape index (κ1) is 17.9. The fourth-order valence-corrected chi connectivity index (χ4v) is 4.96. The van der Waals surface area contributed by atoms with Crippen molar-refractivity contribution in [2.24, 2.45) is 23.7 Å². The van der Waals surface area contributed by atoms with Crippen molar-refractivity contribution < 1.29 is 4.39 Å². The molecule has 2 heteroatoms. The van der Waals surface area contributed by atoms with E-state index < -0.39 is 0 Å². The molecule has 2 fully saturated rings. The van der Waals surface area contributed by atoms with Crippen LogP contribution in [0, 0.1) is 29.5 Å². The van der Waals surface area contributed by atoms with Crippen LogP contribution in [0.15, 0.2) is 24.3 Å². The average Bonchev–Trinajstić information content (AvgIpc) is 2.88. The molecule has 3 atom stereocenters. The third-order valence-electron chi connectivity index (χ3n) is 6.47. The van der Waals surface area contributed by atoms with Crippen LogP contribution in [-0.4, -0.2) is 24.5 Å². The van der Waals surface area contributed by atoms with Crippen LogP contribution in [0.1, 0.15) is 57.9 Å². The van der Waals surface area contributed by atoms with E-state index >= 15 is 0 Å². The monoisotopic (exact) mass is 331 g/mol. The van der Waals surface area contributed by atoms with E-state index in [4.69, 9.17) is 0 Å². The van der Waals surface area contributed by atoms with E-state index in [9.17, 15) is 4.39 Å². The zero-order valence-electron chi connectivity index (χ0n) is 15.5. The summed E-state index contributed by atoms with van der Waals surface area (Å²) < 4.78 is 12.9. The number of likely N-dealkylation sites (tertiary alicyclic amines) is 1. The van der Waals surface area contributed by atoms with Gasteiger partial charge in [-0.2, -0.15) is 0 Å². The van der Waals surface area contributed by atoms with Crippen LogP contribution < -0.4 is 0 Å². The Morgan fingerprint density at radius 1 is 1.04 bits per heavy atom. The van der Waals surface area contributed by atoms with Crippen molar-refractivity contribution in [3.63, 3.8) is 0 Å². The first-order valence-corrected chi connectivity index (χ1v) is 10.1. The van der Waals surface area contributed by atoms with Gasteiger partial charge in [0.2, 0.25) is 0 Å². The van der Waals surface area contributed by atoms with Crippen LogP contribution in [0.4, 0.5) is 4.39 Å². The Bertz CT molecular complexity index is 489. The number of benzene rings is 1. The Labute approximate surface area is 147 Å². The maximum atomic E-state index is 12.9. The highest BCUT2D eigenvalue weighted by atomic mass is 19.1. The smallest absolute Gasteiger partial charge is 0.123 e. The van der Waals surface area contributed by atoms with E-state index in [1.54, 1.807) is 12.1 Å². The van der Waals surface area contributed by atoms with E-state index in [2.05, 4.69) is 18.7 Å². The summed E-state index contributed by atoms with van der Waals surface area (Å²) in [6, 6.07) is 7.03. The molecule has 2 aliphatic rings. The van der Waals surface area contributed by atoms with E-state index in [0.717, 1.165) is 30.1 Å². The number of hydrogen-bond donors (Lipinski definition) is 0. The van der Waals surface area contributed by atoms with Crippen molar-refractivity contribution in [1.82, 2.24) is 4.90 Å². The summed E-state index contributed by atoms with van der Waals surface area (Å²) in [6.45, 7) is 8.83. The molecule has 0 spiro atoms. The molecule has 1 saturated heterocycles. The van der Waals surface area contributed by atoms with E-state index in [-0.39, 0.29) is 5.82 Å². The zero-order valence-corrected chi connectivity index (χ0v) is 15.5. The molecule has 24 heavy (non-hydrogen) atoms. The van der Waals surface area contributed by atoms with Crippen molar-refractivity contribution in [1.29, 1.82) is 0 Å². The largest absolute Gasteiger partial charge is 0.303 e. The van der Waals surface area contributed by atoms with Crippen molar-refractivity contribution >= 4 is 0 Å². The van der Waals surface area contributed by atoms with Crippen molar-refractivity contribution in [3.05, 3.63) is 35.6 Å². The zero-order chi connectivity index (χ0) is 16.9. The molecule has 1 heterocycles. The lowest BCUT2D eigenvalue weighted by molar-refractivity contribution is 0.145. The van der Waals surface area contributed by atoms with Gasteiger partial charge in [0, 0.05) is 6.54 Å². The number of nitrogens with zero attached hydrogens (tertiary/aromatic N) is 1. The van der Waals surface area contributed by atoms with E-state index in [0.29, 0.717) is 0 Å². The minimum Gasteiger partial charge on any atom is -0.303 e. The van der Waals surface area contributed by atoms with Gasteiger partial charge in [-0.3, -0.25) is 0 Å². The van der Waals surface area contributed by atoms with Gasteiger partial charge in [0.05, 0.1) is 0 Å². The Morgan fingerprint density at radius 2 is 1.75 bits per heavy atom. The highest BCUT2D eigenvalue weighted by Gasteiger charge is 2.31. The molecule has 0 aromatic heterocycles. The number of halogens is 1. The third-order valence-corrected chi connectivity index (χ3v) is 6.47. The predicted octanol–water partition coefficient (Wildman–Crippen LogP) is 5.54. The second-order valence-corrected chi connectivity index (χ2v) is 8.58. The molecule has 3 unspecified atom stereocenters. The molecule has 0 radical (unpaired) electrons. The first-order chi connectivity index (χ1) is 11.6. The normalized spacial score (nSPS) is 29.2. The summed E-state index contributed by atoms with van der Waals surface area (Å²) in [4.78, 5) is 2.73. The predicted molar refractivity (Wildman–Crippen MR) is 99.6 cm³/mol. The molecular formula is C22H34FN. The maximum absolute atomic E-state index is 12.9. The quantitative estimate of drug-likeness (QED) is 0.661. The molecule has 3 rings (SSSR count). The number of piperidine rings is 1. The van der Waals surface area contributed by atoms with Crippen molar-refractivity contribution in [2.75, 3.05) is 19.6 Å². The van der Waals surface area contributed by atoms with E-state index in [1.807, 2.05) is 12.1 Å². The molecule has 1 saturated carbocycles.